The van der Waals surface area contributed by atoms with E-state index in [-0.39, 0.29) is 17.9 Å². The summed E-state index contributed by atoms with van der Waals surface area (Å²) in [6, 6.07) is 0. The molecule has 0 aliphatic rings. The molecule has 2 unspecified atom stereocenters. The van der Waals surface area contributed by atoms with Gasteiger partial charge in [-0.05, 0) is 49.9 Å². The zero-order valence-electron chi connectivity index (χ0n) is 23.7. The zero-order valence-corrected chi connectivity index (χ0v) is 23.7. The Morgan fingerprint density at radius 3 is 1.53 bits per heavy atom. The van der Waals surface area contributed by atoms with Gasteiger partial charge in [0.25, 0.3) is 0 Å². The molecule has 0 rings (SSSR count). The van der Waals surface area contributed by atoms with Crippen molar-refractivity contribution in [3.63, 3.8) is 0 Å². The second kappa shape index (κ2) is 22.4. The summed E-state index contributed by atoms with van der Waals surface area (Å²) >= 11 is 0. The number of carbonyl (C=O) groups excluding carboxylic acids is 2. The molecule has 0 aliphatic carbocycles. The van der Waals surface area contributed by atoms with Crippen LogP contribution in [0.2, 0.25) is 0 Å². The number of hydrogen-bond donors (Lipinski definition) is 0. The van der Waals surface area contributed by atoms with Crippen LogP contribution in [0.4, 0.5) is 0 Å². The van der Waals surface area contributed by atoms with Crippen molar-refractivity contribution in [2.45, 2.75) is 144 Å². The van der Waals surface area contributed by atoms with Gasteiger partial charge in [-0.2, -0.15) is 0 Å². The topological polar surface area (TPSA) is 52.6 Å². The minimum Gasteiger partial charge on any atom is -0.466 e. The summed E-state index contributed by atoms with van der Waals surface area (Å²) in [5, 5.41) is 0. The Morgan fingerprint density at radius 1 is 0.588 bits per heavy atom. The molecule has 0 heterocycles. The van der Waals surface area contributed by atoms with Crippen molar-refractivity contribution in [1.29, 1.82) is 0 Å². The van der Waals surface area contributed by atoms with Crippen LogP contribution in [0.25, 0.3) is 0 Å². The molecule has 4 nitrogen and oxygen atoms in total. The van der Waals surface area contributed by atoms with Crippen LogP contribution in [-0.2, 0) is 19.1 Å². The first-order chi connectivity index (χ1) is 16.3. The summed E-state index contributed by atoms with van der Waals surface area (Å²) in [6.45, 7) is 14.1. The minimum atomic E-state index is -0.0285. The lowest BCUT2D eigenvalue weighted by Gasteiger charge is -2.24. The highest BCUT2D eigenvalue weighted by Crippen LogP contribution is 2.27. The first-order valence-electron chi connectivity index (χ1n) is 14.6. The molecule has 34 heavy (non-hydrogen) atoms. The lowest BCUT2D eigenvalue weighted by molar-refractivity contribution is -0.151. The molecule has 0 aliphatic heterocycles. The van der Waals surface area contributed by atoms with Crippen LogP contribution in [0.1, 0.15) is 144 Å². The quantitative estimate of drug-likeness (QED) is 0.108. The molecular formula is C30H58O4. The summed E-state index contributed by atoms with van der Waals surface area (Å²) in [7, 11) is 0. The molecule has 0 N–H and O–H groups in total. The molecule has 2 atom stereocenters. The molecule has 0 spiro atoms. The van der Waals surface area contributed by atoms with Crippen LogP contribution in [0, 0.1) is 23.7 Å². The van der Waals surface area contributed by atoms with E-state index in [0.717, 1.165) is 44.9 Å². The Bertz CT molecular complexity index is 486. The van der Waals surface area contributed by atoms with E-state index >= 15 is 0 Å². The van der Waals surface area contributed by atoms with Crippen LogP contribution in [0.15, 0.2) is 0 Å². The van der Waals surface area contributed by atoms with Crippen LogP contribution in [-0.4, -0.2) is 25.2 Å². The lowest BCUT2D eigenvalue weighted by Crippen LogP contribution is -2.26. The van der Waals surface area contributed by atoms with Crippen molar-refractivity contribution in [3.05, 3.63) is 0 Å². The van der Waals surface area contributed by atoms with Crippen molar-refractivity contribution in [2.75, 3.05) is 13.2 Å². The Labute approximate surface area is 212 Å². The molecular weight excluding hydrogens is 424 g/mol. The summed E-state index contributed by atoms with van der Waals surface area (Å²) < 4.78 is 10.8. The molecule has 0 aromatic carbocycles. The van der Waals surface area contributed by atoms with E-state index in [0.29, 0.717) is 37.4 Å². The standard InChI is InChI=1S/C30H58O4/c1-7-27(28(8-2)30(32)34-24-22-26(5)6)19-17-15-13-11-9-10-12-14-16-18-20-29(31)33-23-21-25(3)4/h25-28H,7-24H2,1-6H3. The van der Waals surface area contributed by atoms with E-state index in [1.54, 1.807) is 0 Å². The molecule has 0 bridgehead atoms. The first kappa shape index (κ1) is 32.9. The number of carbonyl (C=O) groups is 2. The maximum atomic E-state index is 12.5. The Hall–Kier alpha value is -1.06. The van der Waals surface area contributed by atoms with Gasteiger partial charge in [0.2, 0.25) is 0 Å². The fourth-order valence-corrected chi connectivity index (χ4v) is 4.46. The smallest absolute Gasteiger partial charge is 0.309 e. The second-order valence-corrected chi connectivity index (χ2v) is 11.0. The first-order valence-corrected chi connectivity index (χ1v) is 14.6. The van der Waals surface area contributed by atoms with Gasteiger partial charge in [-0.25, -0.2) is 0 Å². The Kier molecular flexibility index (Phi) is 21.7. The summed E-state index contributed by atoms with van der Waals surface area (Å²) in [5.74, 6) is 1.69. The van der Waals surface area contributed by atoms with Gasteiger partial charge in [0.05, 0.1) is 19.1 Å². The minimum absolute atomic E-state index is 0.0259. The van der Waals surface area contributed by atoms with Gasteiger partial charge in [0.15, 0.2) is 0 Å². The molecule has 0 saturated carbocycles. The second-order valence-electron chi connectivity index (χ2n) is 11.0. The van der Waals surface area contributed by atoms with Crippen molar-refractivity contribution >= 4 is 11.9 Å². The predicted molar refractivity (Wildman–Crippen MR) is 144 cm³/mol. The van der Waals surface area contributed by atoms with Gasteiger partial charge in [-0.1, -0.05) is 106 Å². The summed E-state index contributed by atoms with van der Waals surface area (Å²) in [5.41, 5.74) is 0. The third-order valence-electron chi connectivity index (χ3n) is 6.94. The lowest BCUT2D eigenvalue weighted by atomic mass is 9.84. The highest BCUT2D eigenvalue weighted by atomic mass is 16.5. The van der Waals surface area contributed by atoms with E-state index in [1.807, 2.05) is 0 Å². The number of esters is 2. The van der Waals surface area contributed by atoms with Gasteiger partial charge in [-0.15, -0.1) is 0 Å². The Balaban J connectivity index is 3.69. The maximum absolute atomic E-state index is 12.5. The number of ether oxygens (including phenoxy) is 2. The third-order valence-corrected chi connectivity index (χ3v) is 6.94. The van der Waals surface area contributed by atoms with E-state index in [9.17, 15) is 9.59 Å². The highest BCUT2D eigenvalue weighted by molar-refractivity contribution is 5.72. The van der Waals surface area contributed by atoms with Crippen molar-refractivity contribution in [2.24, 2.45) is 23.7 Å². The largest absolute Gasteiger partial charge is 0.466 e. The van der Waals surface area contributed by atoms with Crippen molar-refractivity contribution in [3.8, 4) is 0 Å². The monoisotopic (exact) mass is 482 g/mol. The van der Waals surface area contributed by atoms with Gasteiger partial charge >= 0.3 is 11.9 Å². The van der Waals surface area contributed by atoms with Crippen LogP contribution < -0.4 is 0 Å². The van der Waals surface area contributed by atoms with Crippen molar-refractivity contribution < 1.29 is 19.1 Å². The van der Waals surface area contributed by atoms with Crippen LogP contribution in [0.5, 0.6) is 0 Å². The average Bonchev–Trinajstić information content (AvgIpc) is 2.78. The van der Waals surface area contributed by atoms with Gasteiger partial charge in [0.1, 0.15) is 0 Å². The fourth-order valence-electron chi connectivity index (χ4n) is 4.46. The Morgan fingerprint density at radius 2 is 1.06 bits per heavy atom. The normalized spacial score (nSPS) is 13.3. The zero-order chi connectivity index (χ0) is 25.6. The molecule has 0 saturated heterocycles. The maximum Gasteiger partial charge on any atom is 0.309 e. The number of rotatable bonds is 23. The molecule has 4 heteroatoms. The fraction of sp³-hybridized carbons (Fsp3) is 0.933. The highest BCUT2D eigenvalue weighted by Gasteiger charge is 2.26. The number of unbranched alkanes of at least 4 members (excludes halogenated alkanes) is 9. The molecule has 0 radical (unpaired) electrons. The van der Waals surface area contributed by atoms with E-state index in [2.05, 4.69) is 41.5 Å². The molecule has 202 valence electrons. The number of hydrogen-bond acceptors (Lipinski definition) is 4. The average molecular weight is 483 g/mol. The third kappa shape index (κ3) is 19.3. The molecule has 0 fully saturated rings. The van der Waals surface area contributed by atoms with Crippen LogP contribution in [0.3, 0.4) is 0 Å². The van der Waals surface area contributed by atoms with Gasteiger partial charge in [0, 0.05) is 6.42 Å². The molecule has 0 amide bonds. The van der Waals surface area contributed by atoms with E-state index in [4.69, 9.17) is 9.47 Å². The van der Waals surface area contributed by atoms with Gasteiger partial charge < -0.3 is 9.47 Å². The molecule has 0 aromatic heterocycles. The molecule has 0 aromatic rings. The van der Waals surface area contributed by atoms with E-state index < -0.39 is 0 Å². The predicted octanol–water partition coefficient (Wildman–Crippen LogP) is 8.90. The van der Waals surface area contributed by atoms with Gasteiger partial charge in [-0.3, -0.25) is 9.59 Å². The summed E-state index contributed by atoms with van der Waals surface area (Å²) in [6.07, 6.45) is 17.9. The summed E-state index contributed by atoms with van der Waals surface area (Å²) in [4.78, 5) is 24.2. The van der Waals surface area contributed by atoms with Crippen LogP contribution >= 0.6 is 0 Å². The SMILES string of the molecule is CCC(CCCCCCCCCCCCC(=O)OCCC(C)C)C(CC)C(=O)OCCC(C)C. The van der Waals surface area contributed by atoms with Crippen molar-refractivity contribution in [1.82, 2.24) is 0 Å². The van der Waals surface area contributed by atoms with E-state index in [1.165, 1.54) is 51.4 Å².